The number of nitrogens with zero attached hydrogens (tertiary/aromatic N) is 3. The monoisotopic (exact) mass is 394 g/mol. The molecular weight excluding hydrogens is 376 g/mol. The molecule has 4 rings (SSSR count). The van der Waals surface area contributed by atoms with Gasteiger partial charge in [0.1, 0.15) is 15.7 Å². The SMILES string of the molecule is Cc1ccc(-n2nc(C)cc2NC(=O)c2sc(-c3ccsc3)nc2C)cc1. The third-order valence-corrected chi connectivity index (χ3v) is 6.01. The lowest BCUT2D eigenvalue weighted by molar-refractivity contribution is 0.102. The number of benzene rings is 1. The quantitative estimate of drug-likeness (QED) is 0.515. The molecule has 3 aromatic heterocycles. The Bertz CT molecular complexity index is 1090. The van der Waals surface area contributed by atoms with Gasteiger partial charge in [-0.2, -0.15) is 16.4 Å². The van der Waals surface area contributed by atoms with Gasteiger partial charge in [-0.05, 0) is 44.4 Å². The van der Waals surface area contributed by atoms with Crippen molar-refractivity contribution in [3.8, 4) is 16.3 Å². The molecule has 0 aliphatic heterocycles. The molecule has 0 aliphatic rings. The van der Waals surface area contributed by atoms with Gasteiger partial charge in [0.2, 0.25) is 0 Å². The number of hydrogen-bond acceptors (Lipinski definition) is 5. The van der Waals surface area contributed by atoms with Crippen molar-refractivity contribution >= 4 is 34.4 Å². The van der Waals surface area contributed by atoms with E-state index in [1.54, 1.807) is 16.0 Å². The highest BCUT2D eigenvalue weighted by Gasteiger charge is 2.19. The van der Waals surface area contributed by atoms with Gasteiger partial charge < -0.3 is 5.32 Å². The van der Waals surface area contributed by atoms with Crippen LogP contribution in [0.4, 0.5) is 5.82 Å². The van der Waals surface area contributed by atoms with Gasteiger partial charge in [-0.15, -0.1) is 11.3 Å². The zero-order valence-electron chi connectivity index (χ0n) is 15.2. The lowest BCUT2D eigenvalue weighted by atomic mass is 10.2. The number of aryl methyl sites for hydroxylation is 3. The number of hydrogen-bond donors (Lipinski definition) is 1. The second kappa shape index (κ2) is 7.09. The van der Waals surface area contributed by atoms with Crippen LogP contribution in [-0.2, 0) is 0 Å². The molecule has 0 saturated carbocycles. The van der Waals surface area contributed by atoms with Crippen molar-refractivity contribution in [2.45, 2.75) is 20.8 Å². The maximum atomic E-state index is 12.9. The van der Waals surface area contributed by atoms with E-state index in [0.29, 0.717) is 10.7 Å². The van der Waals surface area contributed by atoms with Gasteiger partial charge in [0.15, 0.2) is 0 Å². The molecule has 5 nitrogen and oxygen atoms in total. The molecule has 0 unspecified atom stereocenters. The summed E-state index contributed by atoms with van der Waals surface area (Å²) in [7, 11) is 0. The molecule has 1 N–H and O–H groups in total. The number of carbonyl (C=O) groups excluding carboxylic acids is 1. The summed E-state index contributed by atoms with van der Waals surface area (Å²) in [6.45, 7) is 5.81. The first kappa shape index (κ1) is 17.6. The molecular formula is C20H18N4OS2. The summed E-state index contributed by atoms with van der Waals surface area (Å²) in [6.07, 6.45) is 0. The number of thiophene rings is 1. The second-order valence-electron chi connectivity index (χ2n) is 6.32. The van der Waals surface area contributed by atoms with Gasteiger partial charge in [-0.1, -0.05) is 17.7 Å². The summed E-state index contributed by atoms with van der Waals surface area (Å²) in [5.74, 6) is 0.478. The average molecular weight is 395 g/mol. The molecule has 0 radical (unpaired) electrons. The van der Waals surface area contributed by atoms with Crippen molar-refractivity contribution in [2.75, 3.05) is 5.32 Å². The standard InChI is InChI=1S/C20H18N4OS2/c1-12-4-6-16(7-5-12)24-17(10-13(2)23-24)22-19(25)18-14(3)21-20(27-18)15-8-9-26-11-15/h4-11H,1-3H3,(H,22,25). The van der Waals surface area contributed by atoms with E-state index in [1.807, 2.05) is 67.9 Å². The Kier molecular flexibility index (Phi) is 4.63. The number of nitrogens with one attached hydrogen (secondary N) is 1. The highest BCUT2D eigenvalue weighted by molar-refractivity contribution is 7.17. The van der Waals surface area contributed by atoms with Crippen molar-refractivity contribution in [1.82, 2.24) is 14.8 Å². The van der Waals surface area contributed by atoms with Crippen LogP contribution < -0.4 is 5.32 Å². The Labute approximate surface area is 165 Å². The minimum Gasteiger partial charge on any atom is -0.306 e. The topological polar surface area (TPSA) is 59.8 Å². The first-order chi connectivity index (χ1) is 13.0. The van der Waals surface area contributed by atoms with Gasteiger partial charge >= 0.3 is 0 Å². The fourth-order valence-corrected chi connectivity index (χ4v) is 4.43. The van der Waals surface area contributed by atoms with Crippen LogP contribution in [0, 0.1) is 20.8 Å². The molecule has 3 heterocycles. The third-order valence-electron chi connectivity index (χ3n) is 4.12. The Hall–Kier alpha value is -2.77. The first-order valence-electron chi connectivity index (χ1n) is 8.46. The van der Waals surface area contributed by atoms with Crippen LogP contribution in [0.15, 0.2) is 47.2 Å². The predicted molar refractivity (Wildman–Crippen MR) is 111 cm³/mol. The molecule has 136 valence electrons. The third kappa shape index (κ3) is 3.56. The number of amides is 1. The fourth-order valence-electron chi connectivity index (χ4n) is 2.76. The van der Waals surface area contributed by atoms with Crippen molar-refractivity contribution in [3.63, 3.8) is 0 Å². The molecule has 0 bridgehead atoms. The van der Waals surface area contributed by atoms with Crippen LogP contribution in [0.3, 0.4) is 0 Å². The Morgan fingerprint density at radius 3 is 2.59 bits per heavy atom. The van der Waals surface area contributed by atoms with E-state index in [0.717, 1.165) is 27.6 Å². The van der Waals surface area contributed by atoms with Crippen LogP contribution in [0.25, 0.3) is 16.3 Å². The second-order valence-corrected chi connectivity index (χ2v) is 8.10. The van der Waals surface area contributed by atoms with E-state index in [1.165, 1.54) is 16.9 Å². The Morgan fingerprint density at radius 1 is 1.11 bits per heavy atom. The molecule has 4 aromatic rings. The summed E-state index contributed by atoms with van der Waals surface area (Å²) in [6, 6.07) is 11.9. The number of aromatic nitrogens is 3. The van der Waals surface area contributed by atoms with Crippen molar-refractivity contribution < 1.29 is 4.79 Å². The average Bonchev–Trinajstić information content (AvgIpc) is 3.36. The minimum atomic E-state index is -0.167. The summed E-state index contributed by atoms with van der Waals surface area (Å²) in [5, 5.41) is 12.4. The van der Waals surface area contributed by atoms with E-state index >= 15 is 0 Å². The number of anilines is 1. The smallest absolute Gasteiger partial charge is 0.268 e. The zero-order chi connectivity index (χ0) is 19.0. The summed E-state index contributed by atoms with van der Waals surface area (Å²) in [5.41, 5.74) is 4.70. The molecule has 1 aromatic carbocycles. The first-order valence-corrected chi connectivity index (χ1v) is 10.2. The van der Waals surface area contributed by atoms with Crippen molar-refractivity contribution in [2.24, 2.45) is 0 Å². The maximum Gasteiger partial charge on any atom is 0.268 e. The summed E-state index contributed by atoms with van der Waals surface area (Å²) >= 11 is 3.03. The largest absolute Gasteiger partial charge is 0.306 e. The van der Waals surface area contributed by atoms with E-state index in [2.05, 4.69) is 15.4 Å². The molecule has 0 spiro atoms. The van der Waals surface area contributed by atoms with Crippen molar-refractivity contribution in [1.29, 1.82) is 0 Å². The molecule has 0 atom stereocenters. The van der Waals surface area contributed by atoms with Gasteiger partial charge in [0.05, 0.1) is 17.1 Å². The molecule has 27 heavy (non-hydrogen) atoms. The Morgan fingerprint density at radius 2 is 1.89 bits per heavy atom. The van der Waals surface area contributed by atoms with Gasteiger partial charge in [0.25, 0.3) is 5.91 Å². The molecule has 0 saturated heterocycles. The highest BCUT2D eigenvalue weighted by Crippen LogP contribution is 2.30. The highest BCUT2D eigenvalue weighted by atomic mass is 32.1. The predicted octanol–water partition coefficient (Wildman–Crippen LogP) is 5.23. The van der Waals surface area contributed by atoms with Crippen molar-refractivity contribution in [3.05, 3.63) is 69.0 Å². The maximum absolute atomic E-state index is 12.9. The number of rotatable bonds is 4. The van der Waals surface area contributed by atoms with Gasteiger partial charge in [-0.3, -0.25) is 4.79 Å². The van der Waals surface area contributed by atoms with E-state index in [-0.39, 0.29) is 5.91 Å². The van der Waals surface area contributed by atoms with E-state index in [4.69, 9.17) is 0 Å². The summed E-state index contributed by atoms with van der Waals surface area (Å²) in [4.78, 5) is 18.1. The number of carbonyl (C=O) groups is 1. The molecule has 0 fully saturated rings. The van der Waals surface area contributed by atoms with Crippen LogP contribution in [0.5, 0.6) is 0 Å². The molecule has 7 heteroatoms. The fraction of sp³-hybridized carbons (Fsp3) is 0.150. The molecule has 0 aliphatic carbocycles. The van der Waals surface area contributed by atoms with Gasteiger partial charge in [-0.25, -0.2) is 9.67 Å². The lowest BCUT2D eigenvalue weighted by Crippen LogP contribution is -2.15. The van der Waals surface area contributed by atoms with E-state index < -0.39 is 0 Å². The normalized spacial score (nSPS) is 10.9. The Balaban J connectivity index is 1.63. The minimum absolute atomic E-state index is 0.167. The van der Waals surface area contributed by atoms with Gasteiger partial charge in [0, 0.05) is 17.0 Å². The van der Waals surface area contributed by atoms with Crippen LogP contribution in [-0.4, -0.2) is 20.7 Å². The zero-order valence-corrected chi connectivity index (χ0v) is 16.8. The van der Waals surface area contributed by atoms with Crippen LogP contribution >= 0.6 is 22.7 Å². The van der Waals surface area contributed by atoms with Crippen LogP contribution in [0.1, 0.15) is 26.6 Å². The lowest BCUT2D eigenvalue weighted by Gasteiger charge is -2.08. The summed E-state index contributed by atoms with van der Waals surface area (Å²) < 4.78 is 1.75. The van der Waals surface area contributed by atoms with E-state index in [9.17, 15) is 4.79 Å². The number of thiazole rings is 1. The van der Waals surface area contributed by atoms with Crippen LogP contribution in [0.2, 0.25) is 0 Å². The molecule has 1 amide bonds.